The number of hydrogen-bond donors (Lipinski definition) is 1. The lowest BCUT2D eigenvalue weighted by Crippen LogP contribution is -2.51. The number of nitrogens with zero attached hydrogens (tertiary/aromatic N) is 1. The van der Waals surface area contributed by atoms with Gasteiger partial charge in [-0.05, 0) is 75.1 Å². The zero-order valence-corrected chi connectivity index (χ0v) is 24.9. The third-order valence-electron chi connectivity index (χ3n) is 6.20. The van der Waals surface area contributed by atoms with Crippen molar-refractivity contribution in [1.29, 1.82) is 0 Å². The summed E-state index contributed by atoms with van der Waals surface area (Å²) >= 11 is 3.48. The summed E-state index contributed by atoms with van der Waals surface area (Å²) in [4.78, 5) is 29.1. The number of hydrogen-bond acceptors (Lipinski definition) is 4. The molecule has 1 N–H and O–H groups in total. The van der Waals surface area contributed by atoms with Gasteiger partial charge in [0.1, 0.15) is 6.04 Å². The molecule has 1 unspecified atom stereocenters. The van der Waals surface area contributed by atoms with E-state index in [2.05, 4.69) is 21.2 Å². The van der Waals surface area contributed by atoms with E-state index in [1.54, 1.807) is 4.90 Å². The normalized spacial score (nSPS) is 11.6. The lowest BCUT2D eigenvalue weighted by molar-refractivity contribution is -0.141. The summed E-state index contributed by atoms with van der Waals surface area (Å²) in [5, 5.41) is 3.04. The van der Waals surface area contributed by atoms with Crippen LogP contribution in [-0.4, -0.2) is 42.0 Å². The van der Waals surface area contributed by atoms with Gasteiger partial charge < -0.3 is 19.7 Å². The van der Waals surface area contributed by atoms with Crippen molar-refractivity contribution < 1.29 is 19.1 Å². The Hall–Kier alpha value is -3.32. The molecule has 7 heteroatoms. The van der Waals surface area contributed by atoms with Crippen molar-refractivity contribution in [1.82, 2.24) is 10.2 Å². The predicted octanol–water partition coefficient (Wildman–Crippen LogP) is 6.34. The molecule has 0 aliphatic rings. The fourth-order valence-electron chi connectivity index (χ4n) is 4.37. The van der Waals surface area contributed by atoms with E-state index in [1.165, 1.54) is 0 Å². The highest BCUT2D eigenvalue weighted by atomic mass is 79.9. The fraction of sp³-hybridized carbons (Fsp3) is 0.375. The van der Waals surface area contributed by atoms with E-state index in [4.69, 9.17) is 9.47 Å². The minimum Gasteiger partial charge on any atom is -0.490 e. The van der Waals surface area contributed by atoms with Gasteiger partial charge in [0, 0.05) is 29.9 Å². The maximum absolute atomic E-state index is 13.9. The van der Waals surface area contributed by atoms with Gasteiger partial charge in [-0.2, -0.15) is 0 Å². The molecule has 39 heavy (non-hydrogen) atoms. The number of rotatable bonds is 14. The van der Waals surface area contributed by atoms with Crippen molar-refractivity contribution in [2.45, 2.75) is 65.6 Å². The molecule has 3 rings (SSSR count). The Morgan fingerprint density at radius 1 is 0.846 bits per heavy atom. The van der Waals surface area contributed by atoms with Gasteiger partial charge in [-0.25, -0.2) is 0 Å². The number of carbonyl (C=O) groups excluding carboxylic acids is 2. The van der Waals surface area contributed by atoms with Crippen LogP contribution < -0.4 is 14.8 Å². The highest BCUT2D eigenvalue weighted by Gasteiger charge is 2.30. The van der Waals surface area contributed by atoms with Crippen molar-refractivity contribution in [3.63, 3.8) is 0 Å². The van der Waals surface area contributed by atoms with Crippen LogP contribution in [0.25, 0.3) is 0 Å². The lowest BCUT2D eigenvalue weighted by Gasteiger charge is -2.32. The maximum atomic E-state index is 13.9. The molecule has 0 fully saturated rings. The van der Waals surface area contributed by atoms with Crippen LogP contribution in [0.2, 0.25) is 0 Å². The van der Waals surface area contributed by atoms with Crippen LogP contribution in [-0.2, 0) is 29.0 Å². The standard InChI is InChI=1S/C32H39BrN2O4/c1-5-38-29-18-14-25(21-30(29)39-6-2)15-19-31(36)35(22-26-12-16-27(33)17-13-26)28(32(37)34-23(3)4)20-24-10-8-7-9-11-24/h7-14,16-18,21,23,28H,5-6,15,19-20,22H2,1-4H3,(H,34,37). The van der Waals surface area contributed by atoms with Gasteiger partial charge in [-0.1, -0.05) is 64.5 Å². The Balaban J connectivity index is 1.89. The average Bonchev–Trinajstić information content (AvgIpc) is 2.92. The number of amides is 2. The van der Waals surface area contributed by atoms with Crippen LogP contribution in [0.15, 0.2) is 77.3 Å². The molecule has 208 valence electrons. The van der Waals surface area contributed by atoms with Crippen LogP contribution in [0.1, 0.15) is 50.8 Å². The van der Waals surface area contributed by atoms with E-state index < -0.39 is 6.04 Å². The molecular weight excluding hydrogens is 556 g/mol. The molecule has 0 radical (unpaired) electrons. The Morgan fingerprint density at radius 2 is 1.49 bits per heavy atom. The number of aryl methyl sites for hydroxylation is 1. The minimum absolute atomic E-state index is 0.0405. The van der Waals surface area contributed by atoms with Crippen molar-refractivity contribution in [3.8, 4) is 11.5 Å². The number of carbonyl (C=O) groups is 2. The SMILES string of the molecule is CCOc1ccc(CCC(=O)N(Cc2ccc(Br)cc2)C(Cc2ccccc2)C(=O)NC(C)C)cc1OCC. The van der Waals surface area contributed by atoms with Gasteiger partial charge >= 0.3 is 0 Å². The predicted molar refractivity (Wildman–Crippen MR) is 159 cm³/mol. The lowest BCUT2D eigenvalue weighted by atomic mass is 10.0. The highest BCUT2D eigenvalue weighted by molar-refractivity contribution is 9.10. The minimum atomic E-state index is -0.648. The van der Waals surface area contributed by atoms with E-state index in [0.717, 1.165) is 21.2 Å². The maximum Gasteiger partial charge on any atom is 0.243 e. The van der Waals surface area contributed by atoms with Gasteiger partial charge in [-0.3, -0.25) is 9.59 Å². The van der Waals surface area contributed by atoms with Crippen LogP contribution in [0, 0.1) is 0 Å². The Bertz CT molecular complexity index is 1200. The molecule has 0 heterocycles. The van der Waals surface area contributed by atoms with Crippen molar-refractivity contribution in [2.24, 2.45) is 0 Å². The number of ether oxygens (including phenoxy) is 2. The first-order valence-electron chi connectivity index (χ1n) is 13.6. The van der Waals surface area contributed by atoms with Crippen molar-refractivity contribution in [2.75, 3.05) is 13.2 Å². The van der Waals surface area contributed by atoms with E-state index in [0.29, 0.717) is 44.1 Å². The van der Waals surface area contributed by atoms with E-state index in [1.807, 2.05) is 100 Å². The monoisotopic (exact) mass is 594 g/mol. The summed E-state index contributed by atoms with van der Waals surface area (Å²) in [5.74, 6) is 1.14. The first kappa shape index (κ1) is 30.2. The van der Waals surface area contributed by atoms with E-state index >= 15 is 0 Å². The third kappa shape index (κ3) is 9.43. The third-order valence-corrected chi connectivity index (χ3v) is 6.73. The van der Waals surface area contributed by atoms with Crippen LogP contribution >= 0.6 is 15.9 Å². The highest BCUT2D eigenvalue weighted by Crippen LogP contribution is 2.29. The molecule has 0 bridgehead atoms. The Kier molecular flexibility index (Phi) is 11.9. The summed E-state index contributed by atoms with van der Waals surface area (Å²) in [6.45, 7) is 9.13. The van der Waals surface area contributed by atoms with Gasteiger partial charge in [0.2, 0.25) is 11.8 Å². The molecule has 0 spiro atoms. The van der Waals surface area contributed by atoms with Gasteiger partial charge in [0.25, 0.3) is 0 Å². The number of benzene rings is 3. The molecule has 0 aliphatic heterocycles. The Morgan fingerprint density at radius 3 is 2.13 bits per heavy atom. The molecule has 3 aromatic carbocycles. The molecule has 0 aromatic heterocycles. The molecule has 0 saturated heterocycles. The second-order valence-electron chi connectivity index (χ2n) is 9.66. The fourth-order valence-corrected chi connectivity index (χ4v) is 4.63. The van der Waals surface area contributed by atoms with Crippen LogP contribution in [0.5, 0.6) is 11.5 Å². The molecule has 1 atom stereocenters. The Labute approximate surface area is 240 Å². The van der Waals surface area contributed by atoms with Crippen molar-refractivity contribution in [3.05, 3.63) is 94.0 Å². The number of nitrogens with one attached hydrogen (secondary N) is 1. The second-order valence-corrected chi connectivity index (χ2v) is 10.6. The molecule has 2 amide bonds. The van der Waals surface area contributed by atoms with Gasteiger partial charge in [-0.15, -0.1) is 0 Å². The first-order chi connectivity index (χ1) is 18.8. The summed E-state index contributed by atoms with van der Waals surface area (Å²) in [6.07, 6.45) is 1.21. The van der Waals surface area contributed by atoms with Crippen LogP contribution in [0.4, 0.5) is 0 Å². The molecular formula is C32H39BrN2O4. The first-order valence-corrected chi connectivity index (χ1v) is 14.4. The summed E-state index contributed by atoms with van der Waals surface area (Å²) in [6, 6.07) is 22.8. The average molecular weight is 596 g/mol. The zero-order valence-electron chi connectivity index (χ0n) is 23.3. The summed E-state index contributed by atoms with van der Waals surface area (Å²) < 4.78 is 12.4. The topological polar surface area (TPSA) is 67.9 Å². The van der Waals surface area contributed by atoms with Gasteiger partial charge in [0.05, 0.1) is 13.2 Å². The zero-order chi connectivity index (χ0) is 28.2. The molecule has 6 nitrogen and oxygen atoms in total. The van der Waals surface area contributed by atoms with Gasteiger partial charge in [0.15, 0.2) is 11.5 Å². The molecule has 3 aromatic rings. The second kappa shape index (κ2) is 15.3. The quantitative estimate of drug-likeness (QED) is 0.236. The molecule has 0 saturated carbocycles. The smallest absolute Gasteiger partial charge is 0.243 e. The largest absolute Gasteiger partial charge is 0.490 e. The van der Waals surface area contributed by atoms with Crippen molar-refractivity contribution >= 4 is 27.7 Å². The van der Waals surface area contributed by atoms with Crippen LogP contribution in [0.3, 0.4) is 0 Å². The summed E-state index contributed by atoms with van der Waals surface area (Å²) in [7, 11) is 0. The van der Waals surface area contributed by atoms with E-state index in [-0.39, 0.29) is 24.3 Å². The van der Waals surface area contributed by atoms with E-state index in [9.17, 15) is 9.59 Å². The summed E-state index contributed by atoms with van der Waals surface area (Å²) in [5.41, 5.74) is 2.94. The molecule has 0 aliphatic carbocycles. The number of halogens is 1.